The van der Waals surface area contributed by atoms with Gasteiger partial charge in [-0.3, -0.25) is 0 Å². The van der Waals surface area contributed by atoms with Crippen molar-refractivity contribution in [3.8, 4) is 0 Å². The van der Waals surface area contributed by atoms with Gasteiger partial charge in [-0.15, -0.1) is 0 Å². The fourth-order valence-electron chi connectivity index (χ4n) is 1.53. The van der Waals surface area contributed by atoms with Crippen LogP contribution in [0, 0.1) is 5.82 Å². The van der Waals surface area contributed by atoms with Gasteiger partial charge >= 0.3 is 0 Å². The van der Waals surface area contributed by atoms with Gasteiger partial charge < -0.3 is 4.42 Å². The molecule has 0 aliphatic heterocycles. The van der Waals surface area contributed by atoms with Crippen LogP contribution in [0.2, 0.25) is 0 Å². The number of fused-ring (bicyclic) bond motifs is 1. The summed E-state index contributed by atoms with van der Waals surface area (Å²) in [4.78, 5) is 0. The highest BCUT2D eigenvalue weighted by Crippen LogP contribution is 2.32. The van der Waals surface area contributed by atoms with Gasteiger partial charge in [-0.05, 0) is 34.0 Å². The van der Waals surface area contributed by atoms with E-state index in [0.29, 0.717) is 10.4 Å². The molecule has 0 atom stereocenters. The quantitative estimate of drug-likeness (QED) is 0.735. The second kappa shape index (κ2) is 3.39. The minimum atomic E-state index is -0.243. The van der Waals surface area contributed by atoms with Crippen molar-refractivity contribution >= 4 is 26.9 Å². The molecule has 74 valence electrons. The normalized spacial score (nSPS) is 11.5. The Bertz CT molecular complexity index is 473. The van der Waals surface area contributed by atoms with E-state index in [1.807, 2.05) is 0 Å². The zero-order valence-electron chi connectivity index (χ0n) is 7.97. The maximum atomic E-state index is 13.1. The standard InChI is InChI=1S/C11H10BrFO/c1-6(2)9-5-14-11-8(9)3-7(13)4-10(11)12/h3-6H,1-2H3. The topological polar surface area (TPSA) is 13.1 Å². The van der Waals surface area contributed by atoms with Crippen LogP contribution in [0.15, 0.2) is 27.3 Å². The van der Waals surface area contributed by atoms with E-state index in [9.17, 15) is 4.39 Å². The average molecular weight is 257 g/mol. The van der Waals surface area contributed by atoms with Crippen LogP contribution >= 0.6 is 15.9 Å². The molecule has 1 aromatic heterocycles. The molecule has 0 aliphatic rings. The molecule has 0 fully saturated rings. The van der Waals surface area contributed by atoms with Gasteiger partial charge in [0.05, 0.1) is 10.7 Å². The molecule has 1 aromatic carbocycles. The Morgan fingerprint density at radius 3 is 2.71 bits per heavy atom. The van der Waals surface area contributed by atoms with E-state index in [1.54, 1.807) is 6.26 Å². The molecule has 0 amide bonds. The maximum absolute atomic E-state index is 13.1. The first-order valence-electron chi connectivity index (χ1n) is 4.45. The first-order valence-corrected chi connectivity index (χ1v) is 5.25. The monoisotopic (exact) mass is 256 g/mol. The van der Waals surface area contributed by atoms with Crippen LogP contribution in [-0.4, -0.2) is 0 Å². The van der Waals surface area contributed by atoms with E-state index in [1.165, 1.54) is 12.1 Å². The van der Waals surface area contributed by atoms with Crippen LogP contribution in [-0.2, 0) is 0 Å². The second-order valence-corrected chi connectivity index (χ2v) is 4.46. The molecule has 0 spiro atoms. The number of furan rings is 1. The number of rotatable bonds is 1. The van der Waals surface area contributed by atoms with Gasteiger partial charge in [-0.2, -0.15) is 0 Å². The van der Waals surface area contributed by atoms with E-state index in [4.69, 9.17) is 4.42 Å². The predicted octanol–water partition coefficient (Wildman–Crippen LogP) is 4.46. The highest BCUT2D eigenvalue weighted by atomic mass is 79.9. The summed E-state index contributed by atoms with van der Waals surface area (Å²) in [5.74, 6) is 0.0950. The van der Waals surface area contributed by atoms with E-state index in [-0.39, 0.29) is 5.82 Å². The molecular formula is C11H10BrFO. The summed E-state index contributed by atoms with van der Waals surface area (Å²) in [6, 6.07) is 2.93. The molecule has 1 heterocycles. The third-order valence-electron chi connectivity index (χ3n) is 2.25. The molecule has 0 radical (unpaired) electrons. The molecule has 0 saturated heterocycles. The van der Waals surface area contributed by atoms with Gasteiger partial charge in [0.15, 0.2) is 0 Å². The number of hydrogen-bond acceptors (Lipinski definition) is 1. The Kier molecular flexibility index (Phi) is 2.35. The van der Waals surface area contributed by atoms with Crippen molar-refractivity contribution in [1.82, 2.24) is 0 Å². The minimum absolute atomic E-state index is 0.243. The molecule has 14 heavy (non-hydrogen) atoms. The van der Waals surface area contributed by atoms with E-state index in [2.05, 4.69) is 29.8 Å². The molecule has 0 saturated carbocycles. The molecule has 3 heteroatoms. The predicted molar refractivity (Wildman–Crippen MR) is 58.0 cm³/mol. The van der Waals surface area contributed by atoms with E-state index >= 15 is 0 Å². The summed E-state index contributed by atoms with van der Waals surface area (Å²) in [6.45, 7) is 4.12. The largest absolute Gasteiger partial charge is 0.463 e. The summed E-state index contributed by atoms with van der Waals surface area (Å²) in [5, 5.41) is 0.854. The SMILES string of the molecule is CC(C)c1coc2c(Br)cc(F)cc12. The van der Waals surface area contributed by atoms with Crippen molar-refractivity contribution in [2.45, 2.75) is 19.8 Å². The van der Waals surface area contributed by atoms with Crippen LogP contribution in [0.1, 0.15) is 25.3 Å². The summed E-state index contributed by atoms with van der Waals surface area (Å²) in [6.07, 6.45) is 1.69. The lowest BCUT2D eigenvalue weighted by atomic mass is 10.0. The number of benzene rings is 1. The molecule has 0 unspecified atom stereocenters. The van der Waals surface area contributed by atoms with Gasteiger partial charge in [-0.25, -0.2) is 4.39 Å². The highest BCUT2D eigenvalue weighted by Gasteiger charge is 2.12. The lowest BCUT2D eigenvalue weighted by molar-refractivity contribution is 0.601. The number of halogens is 2. The fourth-order valence-corrected chi connectivity index (χ4v) is 2.05. The fraction of sp³-hybridized carbons (Fsp3) is 0.273. The highest BCUT2D eigenvalue weighted by molar-refractivity contribution is 9.10. The average Bonchev–Trinajstić information content (AvgIpc) is 2.47. The Labute approximate surface area is 90.0 Å². The number of hydrogen-bond donors (Lipinski definition) is 0. The van der Waals surface area contributed by atoms with Crippen LogP contribution in [0.25, 0.3) is 11.0 Å². The van der Waals surface area contributed by atoms with Gasteiger partial charge in [0.1, 0.15) is 11.4 Å². The van der Waals surface area contributed by atoms with E-state index < -0.39 is 0 Å². The van der Waals surface area contributed by atoms with Crippen LogP contribution in [0.5, 0.6) is 0 Å². The molecule has 2 rings (SSSR count). The Hall–Kier alpha value is -0.830. The lowest BCUT2D eigenvalue weighted by Gasteiger charge is -2.01. The zero-order chi connectivity index (χ0) is 10.3. The van der Waals surface area contributed by atoms with Crippen molar-refractivity contribution in [3.63, 3.8) is 0 Å². The minimum Gasteiger partial charge on any atom is -0.463 e. The molecular weight excluding hydrogens is 247 g/mol. The lowest BCUT2D eigenvalue weighted by Crippen LogP contribution is -1.84. The Morgan fingerprint density at radius 1 is 1.36 bits per heavy atom. The van der Waals surface area contributed by atoms with Crippen LogP contribution in [0.4, 0.5) is 4.39 Å². The molecule has 2 aromatic rings. The van der Waals surface area contributed by atoms with Gasteiger partial charge in [0, 0.05) is 10.9 Å². The summed E-state index contributed by atoms with van der Waals surface area (Å²) in [5.41, 5.74) is 1.76. The van der Waals surface area contributed by atoms with Crippen molar-refractivity contribution in [1.29, 1.82) is 0 Å². The summed E-state index contributed by atoms with van der Waals surface area (Å²) in [7, 11) is 0. The van der Waals surface area contributed by atoms with E-state index in [0.717, 1.165) is 16.5 Å². The van der Waals surface area contributed by atoms with Gasteiger partial charge in [0.25, 0.3) is 0 Å². The van der Waals surface area contributed by atoms with Crippen LogP contribution in [0.3, 0.4) is 0 Å². The smallest absolute Gasteiger partial charge is 0.148 e. The molecule has 1 nitrogen and oxygen atoms in total. The summed E-state index contributed by atoms with van der Waals surface area (Å²) >= 11 is 3.28. The summed E-state index contributed by atoms with van der Waals surface area (Å²) < 4.78 is 19.2. The molecule has 0 bridgehead atoms. The van der Waals surface area contributed by atoms with Crippen molar-refractivity contribution in [2.24, 2.45) is 0 Å². The zero-order valence-corrected chi connectivity index (χ0v) is 9.56. The van der Waals surface area contributed by atoms with Crippen molar-refractivity contribution < 1.29 is 8.81 Å². The Morgan fingerprint density at radius 2 is 2.07 bits per heavy atom. The third kappa shape index (κ3) is 1.46. The molecule has 0 aliphatic carbocycles. The first kappa shape index (κ1) is 9.71. The van der Waals surface area contributed by atoms with Crippen molar-refractivity contribution in [3.05, 3.63) is 34.2 Å². The van der Waals surface area contributed by atoms with Gasteiger partial charge in [0.2, 0.25) is 0 Å². The third-order valence-corrected chi connectivity index (χ3v) is 2.83. The first-order chi connectivity index (χ1) is 6.59. The Balaban J connectivity index is 2.78. The maximum Gasteiger partial charge on any atom is 0.148 e. The second-order valence-electron chi connectivity index (χ2n) is 3.61. The molecule has 0 N–H and O–H groups in total. The van der Waals surface area contributed by atoms with Gasteiger partial charge in [-0.1, -0.05) is 13.8 Å². The van der Waals surface area contributed by atoms with Crippen LogP contribution < -0.4 is 0 Å². The van der Waals surface area contributed by atoms with Crippen molar-refractivity contribution in [2.75, 3.05) is 0 Å².